The fourth-order valence-electron chi connectivity index (χ4n) is 1.14. The first-order chi connectivity index (χ1) is 6.20. The van der Waals surface area contributed by atoms with Crippen molar-refractivity contribution >= 4 is 29.0 Å². The molecule has 0 saturated heterocycles. The van der Waals surface area contributed by atoms with Crippen LogP contribution in [0.3, 0.4) is 0 Å². The second-order valence-corrected chi connectivity index (χ2v) is 2.94. The number of H-pyrrole nitrogens is 1. The average Bonchev–Trinajstić information content (AvgIpc) is 2.43. The SMILES string of the molecule is O=Cc1cc(Cl)cc2[nH]c(=O)oc12. The Morgan fingerprint density at radius 1 is 1.46 bits per heavy atom. The standard InChI is InChI=1S/C8H4ClNO3/c9-5-1-4(3-11)7-6(2-5)10-8(12)13-7/h1-3H,(H,10,12). The van der Waals surface area contributed by atoms with Crippen LogP contribution in [0.2, 0.25) is 5.02 Å². The van der Waals surface area contributed by atoms with Crippen molar-refractivity contribution in [1.82, 2.24) is 4.98 Å². The van der Waals surface area contributed by atoms with Gasteiger partial charge in [-0.15, -0.1) is 0 Å². The molecule has 0 aliphatic heterocycles. The van der Waals surface area contributed by atoms with Gasteiger partial charge in [0.2, 0.25) is 0 Å². The van der Waals surface area contributed by atoms with E-state index in [0.717, 1.165) is 0 Å². The van der Waals surface area contributed by atoms with Crippen molar-refractivity contribution in [3.8, 4) is 0 Å². The van der Waals surface area contributed by atoms with Crippen LogP contribution in [-0.2, 0) is 0 Å². The Morgan fingerprint density at radius 3 is 2.92 bits per heavy atom. The van der Waals surface area contributed by atoms with E-state index in [1.807, 2.05) is 0 Å². The maximum Gasteiger partial charge on any atom is 0.417 e. The number of carbonyl (C=O) groups is 1. The maximum atomic E-state index is 10.8. The van der Waals surface area contributed by atoms with Gasteiger partial charge in [0.05, 0.1) is 11.1 Å². The molecule has 66 valence electrons. The Balaban J connectivity index is 2.96. The molecule has 4 nitrogen and oxygen atoms in total. The third-order valence-corrected chi connectivity index (χ3v) is 1.86. The fraction of sp³-hybridized carbons (Fsp3) is 0. The van der Waals surface area contributed by atoms with Crippen LogP contribution in [0, 0.1) is 0 Å². The number of oxazole rings is 1. The zero-order chi connectivity index (χ0) is 9.42. The highest BCUT2D eigenvalue weighted by molar-refractivity contribution is 6.31. The summed E-state index contributed by atoms with van der Waals surface area (Å²) in [5, 5.41) is 0.381. The number of carbonyl (C=O) groups excluding carboxylic acids is 1. The zero-order valence-corrected chi connectivity index (χ0v) is 7.09. The van der Waals surface area contributed by atoms with Gasteiger partial charge in [0.1, 0.15) is 0 Å². The summed E-state index contributed by atoms with van der Waals surface area (Å²) in [6, 6.07) is 2.96. The summed E-state index contributed by atoms with van der Waals surface area (Å²) in [5.41, 5.74) is 0.935. The van der Waals surface area contributed by atoms with Crippen LogP contribution >= 0.6 is 11.6 Å². The third-order valence-electron chi connectivity index (χ3n) is 1.64. The largest absolute Gasteiger partial charge is 0.417 e. The van der Waals surface area contributed by atoms with Gasteiger partial charge in [-0.25, -0.2) is 4.79 Å². The van der Waals surface area contributed by atoms with Crippen LogP contribution in [0.4, 0.5) is 0 Å². The number of aromatic nitrogens is 1. The van der Waals surface area contributed by atoms with Crippen LogP contribution in [-0.4, -0.2) is 11.3 Å². The van der Waals surface area contributed by atoms with Crippen molar-refractivity contribution in [3.63, 3.8) is 0 Å². The normalized spacial score (nSPS) is 10.5. The minimum atomic E-state index is -0.597. The number of fused-ring (bicyclic) bond motifs is 1. The van der Waals surface area contributed by atoms with Crippen molar-refractivity contribution in [3.05, 3.63) is 33.3 Å². The molecule has 0 amide bonds. The first-order valence-corrected chi connectivity index (χ1v) is 3.86. The molecule has 0 aliphatic carbocycles. The molecule has 2 rings (SSSR count). The van der Waals surface area contributed by atoms with Crippen LogP contribution in [0.5, 0.6) is 0 Å². The number of halogens is 1. The van der Waals surface area contributed by atoms with Crippen molar-refractivity contribution in [2.24, 2.45) is 0 Å². The molecule has 5 heteroatoms. The quantitative estimate of drug-likeness (QED) is 0.706. The van der Waals surface area contributed by atoms with E-state index in [-0.39, 0.29) is 11.1 Å². The lowest BCUT2D eigenvalue weighted by atomic mass is 10.2. The molecule has 0 bridgehead atoms. The Kier molecular flexibility index (Phi) is 1.70. The smallest absolute Gasteiger partial charge is 0.407 e. The molecule has 0 saturated carbocycles. The summed E-state index contributed by atoms with van der Waals surface area (Å²) < 4.78 is 4.74. The van der Waals surface area contributed by atoms with Gasteiger partial charge in [0.15, 0.2) is 11.9 Å². The molecule has 1 aromatic carbocycles. The second-order valence-electron chi connectivity index (χ2n) is 2.50. The highest BCUT2D eigenvalue weighted by Gasteiger charge is 2.07. The van der Waals surface area contributed by atoms with Gasteiger partial charge in [-0.05, 0) is 12.1 Å². The Morgan fingerprint density at radius 2 is 2.23 bits per heavy atom. The molecule has 1 heterocycles. The molecule has 0 unspecified atom stereocenters. The van der Waals surface area contributed by atoms with Gasteiger partial charge in [-0.2, -0.15) is 0 Å². The minimum Gasteiger partial charge on any atom is -0.407 e. The van der Waals surface area contributed by atoms with E-state index >= 15 is 0 Å². The van der Waals surface area contributed by atoms with E-state index in [1.165, 1.54) is 12.1 Å². The fourth-order valence-corrected chi connectivity index (χ4v) is 1.36. The van der Waals surface area contributed by atoms with Crippen molar-refractivity contribution in [1.29, 1.82) is 0 Å². The Bertz CT molecular complexity index is 526. The summed E-state index contributed by atoms with van der Waals surface area (Å²) >= 11 is 5.69. The predicted octanol–water partition coefficient (Wildman–Crippen LogP) is 1.59. The average molecular weight is 198 g/mol. The van der Waals surface area contributed by atoms with Gasteiger partial charge >= 0.3 is 5.76 Å². The summed E-state index contributed by atoms with van der Waals surface area (Å²) in [6.07, 6.45) is 0.588. The number of benzene rings is 1. The van der Waals surface area contributed by atoms with Gasteiger partial charge in [-0.1, -0.05) is 11.6 Å². The lowest BCUT2D eigenvalue weighted by Gasteiger charge is -1.92. The first kappa shape index (κ1) is 8.07. The number of aldehydes is 1. The van der Waals surface area contributed by atoms with Crippen molar-refractivity contribution in [2.45, 2.75) is 0 Å². The lowest BCUT2D eigenvalue weighted by molar-refractivity contribution is 0.112. The van der Waals surface area contributed by atoms with E-state index in [4.69, 9.17) is 16.0 Å². The van der Waals surface area contributed by atoms with E-state index < -0.39 is 5.76 Å². The Labute approximate surface area is 77.1 Å². The number of nitrogens with one attached hydrogen (secondary N) is 1. The highest BCUT2D eigenvalue weighted by atomic mass is 35.5. The van der Waals surface area contributed by atoms with Gasteiger partial charge in [-0.3, -0.25) is 9.78 Å². The lowest BCUT2D eigenvalue weighted by Crippen LogP contribution is -1.92. The number of hydrogen-bond donors (Lipinski definition) is 1. The highest BCUT2D eigenvalue weighted by Crippen LogP contribution is 2.20. The third kappa shape index (κ3) is 1.25. The molecule has 0 aliphatic rings. The van der Waals surface area contributed by atoms with Crippen LogP contribution in [0.25, 0.3) is 11.1 Å². The molecule has 1 N–H and O–H groups in total. The van der Waals surface area contributed by atoms with E-state index in [1.54, 1.807) is 0 Å². The molecule has 0 fully saturated rings. The minimum absolute atomic E-state index is 0.240. The van der Waals surface area contributed by atoms with E-state index in [2.05, 4.69) is 4.98 Å². The molecular formula is C8H4ClNO3. The summed E-state index contributed by atoms with van der Waals surface area (Å²) in [5.74, 6) is -0.597. The van der Waals surface area contributed by atoms with Gasteiger partial charge in [0, 0.05) is 5.02 Å². The molecule has 0 atom stereocenters. The Hall–Kier alpha value is -1.55. The summed E-state index contributed by atoms with van der Waals surface area (Å²) in [4.78, 5) is 23.7. The second kappa shape index (κ2) is 2.74. The van der Waals surface area contributed by atoms with Crippen LogP contribution in [0.15, 0.2) is 21.3 Å². The number of hydrogen-bond acceptors (Lipinski definition) is 3. The monoisotopic (exact) mass is 197 g/mol. The van der Waals surface area contributed by atoms with E-state index in [9.17, 15) is 9.59 Å². The molecule has 1 aromatic heterocycles. The molecule has 0 radical (unpaired) electrons. The summed E-state index contributed by atoms with van der Waals surface area (Å²) in [7, 11) is 0. The van der Waals surface area contributed by atoms with Crippen LogP contribution < -0.4 is 5.76 Å². The van der Waals surface area contributed by atoms with E-state index in [0.29, 0.717) is 16.8 Å². The van der Waals surface area contributed by atoms with Crippen molar-refractivity contribution < 1.29 is 9.21 Å². The molecule has 0 spiro atoms. The summed E-state index contributed by atoms with van der Waals surface area (Å²) in [6.45, 7) is 0. The maximum absolute atomic E-state index is 10.8. The molecule has 13 heavy (non-hydrogen) atoms. The zero-order valence-electron chi connectivity index (χ0n) is 6.33. The van der Waals surface area contributed by atoms with Crippen molar-refractivity contribution in [2.75, 3.05) is 0 Å². The van der Waals surface area contributed by atoms with Crippen LogP contribution in [0.1, 0.15) is 10.4 Å². The molecule has 2 aromatic rings. The molecular weight excluding hydrogens is 194 g/mol. The number of aromatic amines is 1. The predicted molar refractivity (Wildman–Crippen MR) is 47.2 cm³/mol. The van der Waals surface area contributed by atoms with Gasteiger partial charge in [0.25, 0.3) is 0 Å². The topological polar surface area (TPSA) is 63.1 Å². The number of rotatable bonds is 1. The first-order valence-electron chi connectivity index (χ1n) is 3.48. The van der Waals surface area contributed by atoms with Gasteiger partial charge < -0.3 is 4.42 Å².